The Hall–Kier alpha value is -2.12. The van der Waals surface area contributed by atoms with Crippen LogP contribution in [0.15, 0.2) is 58.3 Å². The second-order valence-corrected chi connectivity index (χ2v) is 10.7. The van der Waals surface area contributed by atoms with E-state index >= 15 is 0 Å². The predicted octanol–water partition coefficient (Wildman–Crippen LogP) is 4.25. The van der Waals surface area contributed by atoms with Crippen LogP contribution in [-0.4, -0.2) is 46.5 Å². The molecule has 2 aromatic rings. The lowest BCUT2D eigenvalue weighted by Gasteiger charge is -2.33. The van der Waals surface area contributed by atoms with Crippen molar-refractivity contribution in [1.29, 1.82) is 0 Å². The van der Waals surface area contributed by atoms with Gasteiger partial charge in [0.15, 0.2) is 0 Å². The van der Waals surface area contributed by atoms with E-state index in [4.69, 9.17) is 0 Å². The molecule has 2 atom stereocenters. The molecule has 30 heavy (non-hydrogen) atoms. The molecule has 3 aliphatic heterocycles. The number of anilines is 2. The van der Waals surface area contributed by atoms with Crippen molar-refractivity contribution >= 4 is 46.7 Å². The maximum absolute atomic E-state index is 12.8. The van der Waals surface area contributed by atoms with E-state index in [9.17, 15) is 9.59 Å². The fraction of sp³-hybridized carbons (Fsp3) is 0.391. The maximum Gasteiger partial charge on any atom is 0.243 e. The summed E-state index contributed by atoms with van der Waals surface area (Å²) in [6.45, 7) is 3.51. The monoisotopic (exact) mass is 439 g/mol. The number of para-hydroxylation sites is 2. The lowest BCUT2D eigenvalue weighted by atomic mass is 10.2. The number of hydrogen-bond donors (Lipinski definition) is 1. The second-order valence-electron chi connectivity index (χ2n) is 8.10. The van der Waals surface area contributed by atoms with Crippen molar-refractivity contribution in [3.63, 3.8) is 0 Å². The molecule has 3 aliphatic rings. The molecule has 1 N–H and O–H groups in total. The van der Waals surface area contributed by atoms with Gasteiger partial charge in [0, 0.05) is 35.1 Å². The van der Waals surface area contributed by atoms with E-state index in [0.717, 1.165) is 19.4 Å². The summed E-state index contributed by atoms with van der Waals surface area (Å²) in [5.41, 5.74) is 2.44. The van der Waals surface area contributed by atoms with Crippen LogP contribution in [0.2, 0.25) is 0 Å². The summed E-state index contributed by atoms with van der Waals surface area (Å²) in [4.78, 5) is 31.5. The van der Waals surface area contributed by atoms with Gasteiger partial charge in [0.2, 0.25) is 11.8 Å². The quantitative estimate of drug-likeness (QED) is 0.706. The molecule has 2 fully saturated rings. The van der Waals surface area contributed by atoms with Gasteiger partial charge in [0.1, 0.15) is 6.04 Å². The van der Waals surface area contributed by atoms with Crippen LogP contribution in [0, 0.1) is 0 Å². The zero-order valence-electron chi connectivity index (χ0n) is 17.0. The Balaban J connectivity index is 1.22. The van der Waals surface area contributed by atoms with Gasteiger partial charge in [0.05, 0.1) is 16.2 Å². The van der Waals surface area contributed by atoms with Gasteiger partial charge in [-0.3, -0.25) is 9.59 Å². The third-order valence-corrected chi connectivity index (χ3v) is 8.77. The van der Waals surface area contributed by atoms with Crippen LogP contribution in [0.1, 0.15) is 26.2 Å². The molecule has 5 rings (SSSR count). The summed E-state index contributed by atoms with van der Waals surface area (Å²) in [5.74, 6) is 0.788. The molecule has 156 valence electrons. The van der Waals surface area contributed by atoms with Crippen molar-refractivity contribution in [3.8, 4) is 0 Å². The van der Waals surface area contributed by atoms with Crippen LogP contribution in [0.5, 0.6) is 0 Å². The van der Waals surface area contributed by atoms with Crippen LogP contribution in [-0.2, 0) is 9.59 Å². The fourth-order valence-electron chi connectivity index (χ4n) is 4.60. The highest BCUT2D eigenvalue weighted by atomic mass is 32.2. The Morgan fingerprint density at radius 2 is 1.80 bits per heavy atom. The van der Waals surface area contributed by atoms with Gasteiger partial charge in [-0.15, -0.1) is 11.8 Å². The molecular weight excluding hydrogens is 414 g/mol. The zero-order chi connectivity index (χ0) is 20.7. The Bertz CT molecular complexity index is 952. The first-order valence-electron chi connectivity index (χ1n) is 10.4. The highest BCUT2D eigenvalue weighted by Crippen LogP contribution is 2.48. The highest BCUT2D eigenvalue weighted by Gasteiger charge is 2.52. The number of hydrogen-bond acceptors (Lipinski definition) is 5. The van der Waals surface area contributed by atoms with Crippen LogP contribution in [0.25, 0.3) is 0 Å². The number of nitrogens with one attached hydrogen (secondary N) is 1. The van der Waals surface area contributed by atoms with Gasteiger partial charge in [0.25, 0.3) is 0 Å². The smallest absolute Gasteiger partial charge is 0.243 e. The van der Waals surface area contributed by atoms with Crippen molar-refractivity contribution in [1.82, 2.24) is 10.2 Å². The average Bonchev–Trinajstić information content (AvgIpc) is 3.25. The van der Waals surface area contributed by atoms with Crippen LogP contribution < -0.4 is 10.2 Å². The van der Waals surface area contributed by atoms with Crippen LogP contribution >= 0.6 is 23.5 Å². The topological polar surface area (TPSA) is 52.7 Å². The van der Waals surface area contributed by atoms with Gasteiger partial charge < -0.3 is 15.1 Å². The molecule has 0 aliphatic carbocycles. The lowest BCUT2D eigenvalue weighted by Crippen LogP contribution is -2.50. The number of thioether (sulfide) groups is 1. The molecule has 0 radical (unpaired) electrons. The van der Waals surface area contributed by atoms with Gasteiger partial charge in [-0.2, -0.15) is 0 Å². The minimum absolute atomic E-state index is 0.0172. The van der Waals surface area contributed by atoms with Crippen molar-refractivity contribution in [3.05, 3.63) is 48.5 Å². The number of carbonyl (C=O) groups is 2. The number of nitrogens with zero attached hydrogens (tertiary/aromatic N) is 2. The van der Waals surface area contributed by atoms with Crippen molar-refractivity contribution < 1.29 is 9.59 Å². The van der Waals surface area contributed by atoms with E-state index < -0.39 is 0 Å². The first-order chi connectivity index (χ1) is 14.6. The lowest BCUT2D eigenvalue weighted by molar-refractivity contribution is -0.137. The molecule has 5 nitrogen and oxygen atoms in total. The Morgan fingerprint density at radius 1 is 1.13 bits per heavy atom. The summed E-state index contributed by atoms with van der Waals surface area (Å²) in [7, 11) is 0. The molecule has 2 aromatic carbocycles. The maximum atomic E-state index is 12.8. The first kappa shape index (κ1) is 19.8. The summed E-state index contributed by atoms with van der Waals surface area (Å²) in [5, 5.41) is 3.08. The van der Waals surface area contributed by atoms with E-state index in [1.165, 1.54) is 21.2 Å². The normalized spacial score (nSPS) is 24.4. The average molecular weight is 440 g/mol. The zero-order valence-corrected chi connectivity index (χ0v) is 18.6. The highest BCUT2D eigenvalue weighted by molar-refractivity contribution is 8.01. The summed E-state index contributed by atoms with van der Waals surface area (Å²) >= 11 is 3.54. The molecule has 3 heterocycles. The van der Waals surface area contributed by atoms with E-state index in [1.54, 1.807) is 23.5 Å². The fourth-order valence-corrected chi connectivity index (χ4v) is 7.13. The number of rotatable bonds is 5. The molecule has 2 amide bonds. The number of amides is 2. The minimum atomic E-state index is -0.331. The van der Waals surface area contributed by atoms with Crippen molar-refractivity contribution in [2.45, 2.75) is 46.9 Å². The Kier molecular flexibility index (Phi) is 5.19. The molecule has 2 saturated heterocycles. The summed E-state index contributed by atoms with van der Waals surface area (Å²) in [6, 6.07) is 16.6. The molecule has 0 bridgehead atoms. The number of benzene rings is 2. The standard InChI is InChI=1S/C23H25N3O2S2/c1-23-12-11-21(27)26(23)18(15-29-23)22(28)24-13-6-14-25-16-7-2-4-9-19(16)30-20-10-5-3-8-17(20)25/h2-5,7-10,18H,6,11-15H2,1H3,(H,24,28). The van der Waals surface area contributed by atoms with E-state index in [0.29, 0.717) is 18.7 Å². The minimum Gasteiger partial charge on any atom is -0.354 e. The largest absolute Gasteiger partial charge is 0.354 e. The van der Waals surface area contributed by atoms with Crippen LogP contribution in [0.4, 0.5) is 11.4 Å². The third kappa shape index (κ3) is 3.38. The molecule has 0 aromatic heterocycles. The third-order valence-electron chi connectivity index (χ3n) is 6.14. The number of carbonyl (C=O) groups excluding carboxylic acids is 2. The second kappa shape index (κ2) is 7.85. The molecule has 0 spiro atoms. The summed E-state index contributed by atoms with van der Waals surface area (Å²) < 4.78 is 0. The van der Waals surface area contributed by atoms with Gasteiger partial charge in [-0.05, 0) is 44.0 Å². The number of fused-ring (bicyclic) bond motifs is 3. The van der Waals surface area contributed by atoms with Crippen LogP contribution in [0.3, 0.4) is 0 Å². The van der Waals surface area contributed by atoms with E-state index in [2.05, 4.69) is 65.7 Å². The summed E-state index contributed by atoms with van der Waals surface area (Å²) in [6.07, 6.45) is 2.23. The Morgan fingerprint density at radius 3 is 2.50 bits per heavy atom. The molecule has 2 unspecified atom stereocenters. The van der Waals surface area contributed by atoms with Gasteiger partial charge in [-0.1, -0.05) is 36.0 Å². The SMILES string of the molecule is CC12CCC(=O)N1C(C(=O)NCCCN1c3ccccc3Sc3ccccc31)CS2. The molecule has 0 saturated carbocycles. The predicted molar refractivity (Wildman–Crippen MR) is 122 cm³/mol. The van der Waals surface area contributed by atoms with E-state index in [-0.39, 0.29) is 22.7 Å². The van der Waals surface area contributed by atoms with Crippen molar-refractivity contribution in [2.24, 2.45) is 0 Å². The Labute approximate surface area is 185 Å². The van der Waals surface area contributed by atoms with Gasteiger partial charge >= 0.3 is 0 Å². The molecule has 7 heteroatoms. The first-order valence-corrected chi connectivity index (χ1v) is 12.2. The van der Waals surface area contributed by atoms with Gasteiger partial charge in [-0.25, -0.2) is 0 Å². The van der Waals surface area contributed by atoms with E-state index in [1.807, 2.05) is 4.90 Å². The molecular formula is C23H25N3O2S2. The van der Waals surface area contributed by atoms with Crippen molar-refractivity contribution in [2.75, 3.05) is 23.7 Å².